The van der Waals surface area contributed by atoms with E-state index in [0.29, 0.717) is 18.7 Å². The van der Waals surface area contributed by atoms with E-state index in [2.05, 4.69) is 15.0 Å². The zero-order valence-electron chi connectivity index (χ0n) is 12.5. The van der Waals surface area contributed by atoms with Crippen molar-refractivity contribution in [1.82, 2.24) is 19.9 Å². The normalized spacial score (nSPS) is 14.3. The van der Waals surface area contributed by atoms with Gasteiger partial charge in [-0.05, 0) is 18.6 Å². The second-order valence-electron chi connectivity index (χ2n) is 5.55. The van der Waals surface area contributed by atoms with Gasteiger partial charge in [0.1, 0.15) is 6.33 Å². The van der Waals surface area contributed by atoms with Crippen LogP contribution in [0.1, 0.15) is 21.6 Å². The van der Waals surface area contributed by atoms with Crippen molar-refractivity contribution in [1.29, 1.82) is 0 Å². The van der Waals surface area contributed by atoms with E-state index in [1.54, 1.807) is 37.3 Å². The predicted molar refractivity (Wildman–Crippen MR) is 83.8 cm³/mol. The maximum Gasteiger partial charge on any atom is 0.255 e. The molecule has 0 aromatic carbocycles. The van der Waals surface area contributed by atoms with Gasteiger partial charge in [0.15, 0.2) is 0 Å². The van der Waals surface area contributed by atoms with Crippen LogP contribution in [0.3, 0.4) is 0 Å². The molecule has 1 N–H and O–H groups in total. The van der Waals surface area contributed by atoms with E-state index in [1.165, 1.54) is 0 Å². The number of aromatic nitrogens is 3. The van der Waals surface area contributed by atoms with E-state index >= 15 is 0 Å². The number of furan rings is 1. The van der Waals surface area contributed by atoms with Crippen LogP contribution in [0.2, 0.25) is 0 Å². The van der Waals surface area contributed by atoms with Crippen molar-refractivity contribution in [3.63, 3.8) is 0 Å². The predicted octanol–water partition coefficient (Wildman–Crippen LogP) is 2.31. The summed E-state index contributed by atoms with van der Waals surface area (Å²) in [5, 5.41) is 0. The smallest absolute Gasteiger partial charge is 0.255 e. The lowest BCUT2D eigenvalue weighted by atomic mass is 10.0. The van der Waals surface area contributed by atoms with Gasteiger partial charge in [0.2, 0.25) is 0 Å². The van der Waals surface area contributed by atoms with Gasteiger partial charge >= 0.3 is 0 Å². The average Bonchev–Trinajstić information content (AvgIpc) is 3.24. The molecule has 116 valence electrons. The number of nitrogens with one attached hydrogen (secondary N) is 1. The Bertz CT molecular complexity index is 809. The second-order valence-corrected chi connectivity index (χ2v) is 5.55. The lowest BCUT2D eigenvalue weighted by Gasteiger charge is -2.19. The number of aromatic amines is 1. The molecule has 0 bridgehead atoms. The number of carbonyl (C=O) groups excluding carboxylic acids is 1. The van der Waals surface area contributed by atoms with Gasteiger partial charge in [-0.15, -0.1) is 0 Å². The lowest BCUT2D eigenvalue weighted by Crippen LogP contribution is -2.33. The lowest BCUT2D eigenvalue weighted by molar-refractivity contribution is 0.0763. The summed E-state index contributed by atoms with van der Waals surface area (Å²) >= 11 is 0. The topological polar surface area (TPSA) is 75.0 Å². The third-order valence-corrected chi connectivity index (χ3v) is 4.21. The van der Waals surface area contributed by atoms with Crippen molar-refractivity contribution in [3.05, 3.63) is 60.2 Å². The summed E-state index contributed by atoms with van der Waals surface area (Å²) in [6, 6.07) is 3.70. The Labute approximate surface area is 133 Å². The van der Waals surface area contributed by atoms with Crippen molar-refractivity contribution in [2.24, 2.45) is 0 Å². The van der Waals surface area contributed by atoms with E-state index in [1.807, 2.05) is 11.0 Å². The van der Waals surface area contributed by atoms with Gasteiger partial charge in [0, 0.05) is 48.7 Å². The number of carbonyl (C=O) groups is 1. The van der Waals surface area contributed by atoms with Crippen molar-refractivity contribution >= 4 is 5.91 Å². The molecule has 3 aromatic heterocycles. The number of rotatable bonds is 2. The van der Waals surface area contributed by atoms with Crippen LogP contribution in [-0.2, 0) is 12.8 Å². The molecule has 23 heavy (non-hydrogen) atoms. The van der Waals surface area contributed by atoms with Crippen LogP contribution in [0, 0.1) is 0 Å². The van der Waals surface area contributed by atoms with Gasteiger partial charge in [0.25, 0.3) is 5.91 Å². The SMILES string of the molecule is O=C(c1cc[nH]c1)N1CCc2ncnc(-c3ccoc3)c2CC1. The van der Waals surface area contributed by atoms with Crippen LogP contribution >= 0.6 is 0 Å². The maximum atomic E-state index is 12.5. The first-order valence-electron chi connectivity index (χ1n) is 7.60. The maximum absolute atomic E-state index is 12.5. The highest BCUT2D eigenvalue weighted by Crippen LogP contribution is 2.26. The third kappa shape index (κ3) is 2.52. The number of amides is 1. The average molecular weight is 308 g/mol. The Kier molecular flexibility index (Phi) is 3.42. The van der Waals surface area contributed by atoms with Gasteiger partial charge < -0.3 is 14.3 Å². The molecule has 6 heteroatoms. The standard InChI is InChI=1S/C17H16N4O2/c22-17(12-1-5-18-9-12)21-6-2-14-15(3-7-21)19-11-20-16(14)13-4-8-23-10-13/h1,4-5,8-11,18H,2-3,6-7H2. The van der Waals surface area contributed by atoms with Gasteiger partial charge in [0.05, 0.1) is 23.8 Å². The summed E-state index contributed by atoms with van der Waals surface area (Å²) in [6.07, 6.45) is 9.90. The van der Waals surface area contributed by atoms with E-state index < -0.39 is 0 Å². The molecule has 0 fully saturated rings. The minimum Gasteiger partial charge on any atom is -0.472 e. The number of H-pyrrole nitrogens is 1. The Morgan fingerprint density at radius 3 is 2.91 bits per heavy atom. The first-order chi connectivity index (χ1) is 11.3. The van der Waals surface area contributed by atoms with Crippen molar-refractivity contribution < 1.29 is 9.21 Å². The number of hydrogen-bond donors (Lipinski definition) is 1. The molecule has 4 heterocycles. The molecule has 1 aliphatic heterocycles. The molecule has 0 aliphatic carbocycles. The zero-order valence-corrected chi connectivity index (χ0v) is 12.5. The molecular formula is C17H16N4O2. The van der Waals surface area contributed by atoms with Gasteiger partial charge in [-0.2, -0.15) is 0 Å². The second kappa shape index (κ2) is 5.72. The molecule has 6 nitrogen and oxygen atoms in total. The number of fused-ring (bicyclic) bond motifs is 1. The highest BCUT2D eigenvalue weighted by atomic mass is 16.3. The highest BCUT2D eigenvalue weighted by Gasteiger charge is 2.23. The van der Waals surface area contributed by atoms with Gasteiger partial charge in [-0.3, -0.25) is 4.79 Å². The Morgan fingerprint density at radius 1 is 1.22 bits per heavy atom. The molecule has 0 radical (unpaired) electrons. The molecule has 0 unspecified atom stereocenters. The minimum absolute atomic E-state index is 0.0527. The Morgan fingerprint density at radius 2 is 2.13 bits per heavy atom. The molecule has 0 saturated carbocycles. The molecule has 1 amide bonds. The first kappa shape index (κ1) is 13.8. The molecule has 1 aliphatic rings. The van der Waals surface area contributed by atoms with Crippen LogP contribution in [0.25, 0.3) is 11.3 Å². The molecular weight excluding hydrogens is 292 g/mol. The summed E-state index contributed by atoms with van der Waals surface area (Å²) in [5.74, 6) is 0.0527. The Balaban J connectivity index is 1.62. The van der Waals surface area contributed by atoms with E-state index in [4.69, 9.17) is 4.42 Å². The largest absolute Gasteiger partial charge is 0.472 e. The van der Waals surface area contributed by atoms with Gasteiger partial charge in [-0.25, -0.2) is 9.97 Å². The van der Waals surface area contributed by atoms with Crippen molar-refractivity contribution in [3.8, 4) is 11.3 Å². The van der Waals surface area contributed by atoms with Crippen LogP contribution in [0.15, 0.2) is 47.8 Å². The molecule has 0 saturated heterocycles. The summed E-state index contributed by atoms with van der Waals surface area (Å²) in [7, 11) is 0. The minimum atomic E-state index is 0.0527. The summed E-state index contributed by atoms with van der Waals surface area (Å²) in [5.41, 5.74) is 4.67. The van der Waals surface area contributed by atoms with Crippen LogP contribution in [-0.4, -0.2) is 38.8 Å². The fraction of sp³-hybridized carbons (Fsp3) is 0.235. The fourth-order valence-corrected chi connectivity index (χ4v) is 3.02. The number of nitrogens with zero attached hydrogens (tertiary/aromatic N) is 3. The number of hydrogen-bond acceptors (Lipinski definition) is 4. The van der Waals surface area contributed by atoms with Crippen LogP contribution in [0.5, 0.6) is 0 Å². The molecule has 0 spiro atoms. The Hall–Kier alpha value is -2.89. The van der Waals surface area contributed by atoms with E-state index in [9.17, 15) is 4.79 Å². The third-order valence-electron chi connectivity index (χ3n) is 4.21. The monoisotopic (exact) mass is 308 g/mol. The quantitative estimate of drug-likeness (QED) is 0.788. The van der Waals surface area contributed by atoms with E-state index in [-0.39, 0.29) is 5.91 Å². The highest BCUT2D eigenvalue weighted by molar-refractivity contribution is 5.94. The van der Waals surface area contributed by atoms with Crippen LogP contribution < -0.4 is 0 Å². The summed E-state index contributed by atoms with van der Waals surface area (Å²) < 4.78 is 5.17. The summed E-state index contributed by atoms with van der Waals surface area (Å²) in [6.45, 7) is 1.33. The molecule has 3 aromatic rings. The van der Waals surface area contributed by atoms with Crippen LogP contribution in [0.4, 0.5) is 0 Å². The van der Waals surface area contributed by atoms with Crippen molar-refractivity contribution in [2.75, 3.05) is 13.1 Å². The summed E-state index contributed by atoms with van der Waals surface area (Å²) in [4.78, 5) is 26.2. The molecule has 4 rings (SSSR count). The first-order valence-corrected chi connectivity index (χ1v) is 7.60. The van der Waals surface area contributed by atoms with E-state index in [0.717, 1.165) is 35.4 Å². The van der Waals surface area contributed by atoms with Crippen molar-refractivity contribution in [2.45, 2.75) is 12.8 Å². The zero-order chi connectivity index (χ0) is 15.6. The molecule has 0 atom stereocenters. The fourth-order valence-electron chi connectivity index (χ4n) is 3.02. The van der Waals surface area contributed by atoms with Gasteiger partial charge in [-0.1, -0.05) is 0 Å².